The molecule has 1 fully saturated rings. The molecule has 52 heavy (non-hydrogen) atoms. The van der Waals surface area contributed by atoms with Crippen LogP contribution >= 0.6 is 0 Å². The summed E-state index contributed by atoms with van der Waals surface area (Å²) < 4.78 is 0. The molecule has 0 unspecified atom stereocenters. The van der Waals surface area contributed by atoms with Gasteiger partial charge >= 0.3 is 11.9 Å². The molecule has 1 aliphatic heterocycles. The molecule has 0 radical (unpaired) electrons. The number of hydroxylamine groups is 1. The molecule has 1 aliphatic rings. The highest BCUT2D eigenvalue weighted by molar-refractivity contribution is 5.84. The van der Waals surface area contributed by atoms with Gasteiger partial charge in [0.15, 0.2) is 0 Å². The van der Waals surface area contributed by atoms with Crippen LogP contribution in [0.1, 0.15) is 16.7 Å². The Labute approximate surface area is 303 Å². The average Bonchev–Trinajstić information content (AvgIpc) is 3.11. The number of aldehydes is 1. The molecule has 1 atom stereocenters. The van der Waals surface area contributed by atoms with Gasteiger partial charge in [-0.25, -0.2) is 5.48 Å². The minimum atomic E-state index is -0.988. The standard InChI is InChI=1S/C37H49N7O8/c38-33(22-30-9-10-31-3-1-2-4-32(31)21-30)37(51)40-52-27-29-7-5-28(6-8-29)23-39-34(46)24-42-13-11-41(19-20-45)12-14-43(25-35(47)48)17-18-44(16-15-42)26-36(49)50/h1-10,20-21,33H,11-19,22-27,38H2,(H,39,46)(H,40,51)(H,47,48)(H,49,50)/t33-/m1/s1. The molecule has 0 aliphatic carbocycles. The van der Waals surface area contributed by atoms with Gasteiger partial charge in [0.05, 0.1) is 38.8 Å². The number of hydrogen-bond donors (Lipinski definition) is 5. The summed E-state index contributed by atoms with van der Waals surface area (Å²) in [4.78, 5) is 72.5. The second-order valence-corrected chi connectivity index (χ2v) is 12.9. The van der Waals surface area contributed by atoms with Crippen LogP contribution in [0.5, 0.6) is 0 Å². The van der Waals surface area contributed by atoms with Crippen LogP contribution < -0.4 is 16.5 Å². The Kier molecular flexibility index (Phi) is 16.1. The molecule has 0 spiro atoms. The van der Waals surface area contributed by atoms with Gasteiger partial charge in [-0.2, -0.15) is 0 Å². The third kappa shape index (κ3) is 14.1. The first kappa shape index (κ1) is 40.0. The number of carbonyl (C=O) groups excluding carboxylic acids is 3. The number of rotatable bonds is 16. The van der Waals surface area contributed by atoms with Crippen molar-refractivity contribution in [3.05, 3.63) is 83.4 Å². The Hall–Kier alpha value is -4.77. The van der Waals surface area contributed by atoms with E-state index >= 15 is 0 Å². The lowest BCUT2D eigenvalue weighted by atomic mass is 10.0. The van der Waals surface area contributed by atoms with Crippen molar-refractivity contribution in [3.63, 3.8) is 0 Å². The fourth-order valence-corrected chi connectivity index (χ4v) is 5.92. The highest BCUT2D eigenvalue weighted by atomic mass is 16.6. The molecule has 3 aromatic rings. The molecule has 280 valence electrons. The number of nitrogens with one attached hydrogen (secondary N) is 2. The van der Waals surface area contributed by atoms with E-state index in [1.165, 1.54) is 0 Å². The van der Waals surface area contributed by atoms with Crippen molar-refractivity contribution in [2.24, 2.45) is 5.73 Å². The van der Waals surface area contributed by atoms with Gasteiger partial charge < -0.3 is 26.1 Å². The van der Waals surface area contributed by atoms with Crippen LogP contribution in [-0.2, 0) is 48.4 Å². The molecule has 4 rings (SSSR count). The molecule has 1 heterocycles. The van der Waals surface area contributed by atoms with Gasteiger partial charge in [-0.3, -0.25) is 43.6 Å². The molecule has 3 aromatic carbocycles. The summed E-state index contributed by atoms with van der Waals surface area (Å²) in [5.74, 6) is -2.59. The van der Waals surface area contributed by atoms with E-state index in [0.717, 1.165) is 33.7 Å². The molecule has 0 aromatic heterocycles. The van der Waals surface area contributed by atoms with Crippen molar-refractivity contribution in [1.82, 2.24) is 30.4 Å². The Morgan fingerprint density at radius 2 is 1.23 bits per heavy atom. The number of carboxylic acids is 2. The number of benzene rings is 3. The summed E-state index contributed by atoms with van der Waals surface area (Å²) in [7, 11) is 0. The third-order valence-electron chi connectivity index (χ3n) is 8.88. The van der Waals surface area contributed by atoms with E-state index in [0.29, 0.717) is 58.8 Å². The van der Waals surface area contributed by atoms with Crippen LogP contribution in [0.2, 0.25) is 0 Å². The summed E-state index contributed by atoms with van der Waals surface area (Å²) in [5, 5.41) is 23.9. The van der Waals surface area contributed by atoms with Gasteiger partial charge in [-0.05, 0) is 33.9 Å². The number of nitrogens with two attached hydrogens (primary N) is 1. The van der Waals surface area contributed by atoms with E-state index in [2.05, 4.69) is 10.8 Å². The largest absolute Gasteiger partial charge is 0.480 e. The smallest absolute Gasteiger partial charge is 0.317 e. The fraction of sp³-hybridized carbons (Fsp3) is 0.432. The van der Waals surface area contributed by atoms with Crippen LogP contribution in [0.25, 0.3) is 10.8 Å². The Bertz CT molecular complexity index is 1640. The second-order valence-electron chi connectivity index (χ2n) is 12.9. The van der Waals surface area contributed by atoms with Crippen molar-refractivity contribution >= 4 is 40.8 Å². The van der Waals surface area contributed by atoms with Crippen LogP contribution in [-0.4, -0.2) is 144 Å². The van der Waals surface area contributed by atoms with Gasteiger partial charge in [0.2, 0.25) is 5.91 Å². The zero-order valence-corrected chi connectivity index (χ0v) is 29.3. The number of carbonyl (C=O) groups is 5. The minimum absolute atomic E-state index is 0.0790. The SMILES string of the molecule is N[C@H](Cc1ccc2ccccc2c1)C(=O)NOCc1ccc(CNC(=O)CN2CCN(CC=O)CCN(CC(=O)O)CCN(CC(=O)O)CC2)cc1. The Balaban J connectivity index is 1.22. The van der Waals surface area contributed by atoms with E-state index < -0.39 is 23.9 Å². The molecule has 6 N–H and O–H groups in total. The monoisotopic (exact) mass is 719 g/mol. The van der Waals surface area contributed by atoms with Crippen molar-refractivity contribution in [2.45, 2.75) is 25.6 Å². The lowest BCUT2D eigenvalue weighted by Gasteiger charge is -2.32. The van der Waals surface area contributed by atoms with E-state index in [1.807, 2.05) is 76.5 Å². The molecular formula is C37H49N7O8. The number of amides is 2. The van der Waals surface area contributed by atoms with E-state index in [1.54, 1.807) is 9.80 Å². The quantitative estimate of drug-likeness (QED) is 0.0993. The zero-order chi connectivity index (χ0) is 37.3. The summed E-state index contributed by atoms with van der Waals surface area (Å²) >= 11 is 0. The van der Waals surface area contributed by atoms with Gasteiger partial charge in [0, 0.05) is 58.9 Å². The predicted octanol–water partition coefficient (Wildman–Crippen LogP) is 0.164. The van der Waals surface area contributed by atoms with E-state index in [4.69, 9.17) is 10.6 Å². The summed E-state index contributed by atoms with van der Waals surface area (Å²) in [6, 6.07) is 20.6. The topological polar surface area (TPSA) is 198 Å². The molecule has 2 amide bonds. The molecule has 1 saturated heterocycles. The average molecular weight is 720 g/mol. The fourth-order valence-electron chi connectivity index (χ4n) is 5.92. The highest BCUT2D eigenvalue weighted by Crippen LogP contribution is 2.16. The molecular weight excluding hydrogens is 670 g/mol. The number of hydrogen-bond acceptors (Lipinski definition) is 11. The maximum atomic E-state index is 13.0. The lowest BCUT2D eigenvalue weighted by Crippen LogP contribution is -2.49. The minimum Gasteiger partial charge on any atom is -0.480 e. The molecule has 15 nitrogen and oxygen atoms in total. The van der Waals surface area contributed by atoms with Crippen molar-refractivity contribution in [1.29, 1.82) is 0 Å². The van der Waals surface area contributed by atoms with Crippen LogP contribution in [0.15, 0.2) is 66.7 Å². The number of carboxylic acid groups (broad SMARTS) is 2. The number of fused-ring (bicyclic) bond motifs is 1. The predicted molar refractivity (Wildman–Crippen MR) is 194 cm³/mol. The summed E-state index contributed by atoms with van der Waals surface area (Å²) in [5.41, 5.74) is 11.2. The first-order chi connectivity index (χ1) is 25.1. The van der Waals surface area contributed by atoms with Crippen molar-refractivity contribution in [3.8, 4) is 0 Å². The maximum absolute atomic E-state index is 13.0. The second kappa shape index (κ2) is 20.9. The number of nitrogens with zero attached hydrogens (tertiary/aromatic N) is 4. The Morgan fingerprint density at radius 3 is 1.81 bits per heavy atom. The van der Waals surface area contributed by atoms with Crippen LogP contribution in [0, 0.1) is 0 Å². The van der Waals surface area contributed by atoms with Crippen LogP contribution in [0.4, 0.5) is 0 Å². The third-order valence-corrected chi connectivity index (χ3v) is 8.88. The highest BCUT2D eigenvalue weighted by Gasteiger charge is 2.20. The molecule has 0 saturated carbocycles. The first-order valence-corrected chi connectivity index (χ1v) is 17.3. The Morgan fingerprint density at radius 1 is 0.712 bits per heavy atom. The van der Waals surface area contributed by atoms with Gasteiger partial charge in [-0.15, -0.1) is 0 Å². The van der Waals surface area contributed by atoms with E-state index in [-0.39, 0.29) is 45.2 Å². The van der Waals surface area contributed by atoms with Gasteiger partial charge in [0.25, 0.3) is 5.91 Å². The molecule has 15 heteroatoms. The summed E-state index contributed by atoms with van der Waals surface area (Å²) in [6.45, 7) is 3.58. The zero-order valence-electron chi connectivity index (χ0n) is 29.3. The number of aliphatic carboxylic acids is 2. The first-order valence-electron chi connectivity index (χ1n) is 17.3. The normalized spacial score (nSPS) is 16.3. The van der Waals surface area contributed by atoms with Crippen molar-refractivity contribution in [2.75, 3.05) is 78.5 Å². The van der Waals surface area contributed by atoms with Gasteiger partial charge in [0.1, 0.15) is 6.29 Å². The van der Waals surface area contributed by atoms with Gasteiger partial charge in [-0.1, -0.05) is 66.7 Å². The van der Waals surface area contributed by atoms with Crippen LogP contribution in [0.3, 0.4) is 0 Å². The maximum Gasteiger partial charge on any atom is 0.317 e. The van der Waals surface area contributed by atoms with E-state index in [9.17, 15) is 34.2 Å². The lowest BCUT2D eigenvalue weighted by molar-refractivity contribution is -0.140. The summed E-state index contributed by atoms with van der Waals surface area (Å²) in [6.07, 6.45) is 1.17. The molecule has 0 bridgehead atoms. The van der Waals surface area contributed by atoms with Crippen molar-refractivity contribution < 1.29 is 39.0 Å².